The predicted molar refractivity (Wildman–Crippen MR) is 71.5 cm³/mol. The number of aromatic nitrogens is 1. The number of carbonyl (C=O) groups is 1. The smallest absolute Gasteiger partial charge is 0.133 e. The van der Waals surface area contributed by atoms with E-state index in [0.717, 1.165) is 18.5 Å². The SMILES string of the molecule is CC(=O)C1CC1c1cccn1Cc1ccc(F)cc1. The van der Waals surface area contributed by atoms with Crippen LogP contribution in [0, 0.1) is 11.7 Å². The first-order valence-corrected chi connectivity index (χ1v) is 6.55. The van der Waals surface area contributed by atoms with E-state index in [1.54, 1.807) is 19.1 Å². The average Bonchev–Trinajstić information content (AvgIpc) is 3.06. The number of rotatable bonds is 4. The lowest BCUT2D eigenvalue weighted by Gasteiger charge is -2.09. The van der Waals surface area contributed by atoms with Gasteiger partial charge in [-0.1, -0.05) is 12.1 Å². The molecule has 0 saturated heterocycles. The molecule has 1 aromatic heterocycles. The molecule has 0 aliphatic heterocycles. The Morgan fingerprint density at radius 2 is 2.05 bits per heavy atom. The number of halogens is 1. The van der Waals surface area contributed by atoms with Crippen LogP contribution in [0.2, 0.25) is 0 Å². The molecule has 1 aromatic carbocycles. The lowest BCUT2D eigenvalue weighted by Crippen LogP contribution is -2.04. The van der Waals surface area contributed by atoms with Gasteiger partial charge in [-0.2, -0.15) is 0 Å². The molecule has 0 bridgehead atoms. The minimum absolute atomic E-state index is 0.196. The molecule has 2 unspecified atom stereocenters. The van der Waals surface area contributed by atoms with Crippen molar-refractivity contribution in [2.45, 2.75) is 25.8 Å². The fourth-order valence-electron chi connectivity index (χ4n) is 2.67. The summed E-state index contributed by atoms with van der Waals surface area (Å²) < 4.78 is 15.0. The van der Waals surface area contributed by atoms with Crippen molar-refractivity contribution in [3.8, 4) is 0 Å². The third kappa shape index (κ3) is 2.46. The van der Waals surface area contributed by atoms with Gasteiger partial charge in [-0.3, -0.25) is 4.79 Å². The Kier molecular flexibility index (Phi) is 2.97. The van der Waals surface area contributed by atoms with Crippen molar-refractivity contribution >= 4 is 5.78 Å². The zero-order chi connectivity index (χ0) is 13.4. The molecule has 1 aliphatic carbocycles. The first kappa shape index (κ1) is 12.2. The van der Waals surface area contributed by atoms with Gasteiger partial charge in [-0.25, -0.2) is 4.39 Å². The standard InChI is InChI=1S/C16H16FNO/c1-11(19)14-9-15(14)16-3-2-8-18(16)10-12-4-6-13(17)7-5-12/h2-8,14-15H,9-10H2,1H3. The Bertz CT molecular complexity index is 599. The van der Waals surface area contributed by atoms with Gasteiger partial charge in [-0.15, -0.1) is 0 Å². The molecule has 1 aliphatic rings. The zero-order valence-corrected chi connectivity index (χ0v) is 10.8. The maximum absolute atomic E-state index is 12.9. The molecular weight excluding hydrogens is 241 g/mol. The maximum Gasteiger partial charge on any atom is 0.133 e. The lowest BCUT2D eigenvalue weighted by molar-refractivity contribution is -0.118. The summed E-state index contributed by atoms with van der Waals surface area (Å²) in [6, 6.07) is 10.6. The van der Waals surface area contributed by atoms with E-state index in [1.807, 2.05) is 12.3 Å². The van der Waals surface area contributed by atoms with Crippen molar-refractivity contribution in [3.63, 3.8) is 0 Å². The van der Waals surface area contributed by atoms with Gasteiger partial charge < -0.3 is 4.57 Å². The normalized spacial score (nSPS) is 21.4. The number of nitrogens with zero attached hydrogens (tertiary/aromatic N) is 1. The summed E-state index contributed by atoms with van der Waals surface area (Å²) >= 11 is 0. The van der Waals surface area contributed by atoms with Gasteiger partial charge in [0.05, 0.1) is 0 Å². The van der Waals surface area contributed by atoms with E-state index >= 15 is 0 Å². The molecule has 2 atom stereocenters. The van der Waals surface area contributed by atoms with Gasteiger partial charge in [0.2, 0.25) is 0 Å². The van der Waals surface area contributed by atoms with E-state index in [1.165, 1.54) is 17.8 Å². The highest BCUT2D eigenvalue weighted by molar-refractivity contribution is 5.82. The van der Waals surface area contributed by atoms with Crippen LogP contribution in [0.25, 0.3) is 0 Å². The van der Waals surface area contributed by atoms with Gasteiger partial charge in [0.25, 0.3) is 0 Å². The molecule has 19 heavy (non-hydrogen) atoms. The van der Waals surface area contributed by atoms with E-state index < -0.39 is 0 Å². The van der Waals surface area contributed by atoms with Gasteiger partial charge in [0.1, 0.15) is 11.6 Å². The largest absolute Gasteiger partial charge is 0.347 e. The third-order valence-corrected chi connectivity index (χ3v) is 3.82. The fraction of sp³-hybridized carbons (Fsp3) is 0.312. The minimum atomic E-state index is -0.213. The van der Waals surface area contributed by atoms with Crippen molar-refractivity contribution in [3.05, 3.63) is 59.7 Å². The van der Waals surface area contributed by atoms with Crippen LogP contribution in [-0.2, 0) is 11.3 Å². The minimum Gasteiger partial charge on any atom is -0.347 e. The molecule has 98 valence electrons. The summed E-state index contributed by atoms with van der Waals surface area (Å²) in [4.78, 5) is 11.4. The summed E-state index contributed by atoms with van der Waals surface area (Å²) in [5.74, 6) is 0.629. The van der Waals surface area contributed by atoms with Gasteiger partial charge in [-0.05, 0) is 43.2 Å². The monoisotopic (exact) mass is 257 g/mol. The van der Waals surface area contributed by atoms with Gasteiger partial charge in [0, 0.05) is 30.3 Å². The van der Waals surface area contributed by atoms with Crippen molar-refractivity contribution in [2.24, 2.45) is 5.92 Å². The van der Waals surface area contributed by atoms with Crippen LogP contribution in [0.3, 0.4) is 0 Å². The second kappa shape index (κ2) is 4.65. The molecular formula is C16H16FNO. The second-order valence-electron chi connectivity index (χ2n) is 5.25. The fourth-order valence-corrected chi connectivity index (χ4v) is 2.67. The molecule has 3 rings (SSSR count). The highest BCUT2D eigenvalue weighted by Crippen LogP contribution is 2.48. The molecule has 3 heteroatoms. The predicted octanol–water partition coefficient (Wildman–Crippen LogP) is 3.37. The summed E-state index contributed by atoms with van der Waals surface area (Å²) in [5, 5.41) is 0. The summed E-state index contributed by atoms with van der Waals surface area (Å²) in [7, 11) is 0. The van der Waals surface area contributed by atoms with Crippen molar-refractivity contribution in [2.75, 3.05) is 0 Å². The Morgan fingerprint density at radius 1 is 1.32 bits per heavy atom. The number of carbonyl (C=O) groups excluding carboxylic acids is 1. The van der Waals surface area contributed by atoms with Crippen LogP contribution in [-0.4, -0.2) is 10.4 Å². The van der Waals surface area contributed by atoms with Crippen LogP contribution >= 0.6 is 0 Å². The van der Waals surface area contributed by atoms with Crippen molar-refractivity contribution in [1.29, 1.82) is 0 Å². The summed E-state index contributed by atoms with van der Waals surface area (Å²) in [5.41, 5.74) is 2.28. The topological polar surface area (TPSA) is 22.0 Å². The van der Waals surface area contributed by atoms with Crippen molar-refractivity contribution < 1.29 is 9.18 Å². The average molecular weight is 257 g/mol. The van der Waals surface area contributed by atoms with Crippen molar-refractivity contribution in [1.82, 2.24) is 4.57 Å². The number of hydrogen-bond acceptors (Lipinski definition) is 1. The first-order valence-electron chi connectivity index (χ1n) is 6.55. The molecule has 1 heterocycles. The molecule has 1 fully saturated rings. The molecule has 1 saturated carbocycles. The van der Waals surface area contributed by atoms with Crippen LogP contribution in [0.5, 0.6) is 0 Å². The Morgan fingerprint density at radius 3 is 2.68 bits per heavy atom. The third-order valence-electron chi connectivity index (χ3n) is 3.82. The molecule has 0 spiro atoms. The number of Topliss-reactive ketones (excluding diaryl/α,β-unsaturated/α-hetero) is 1. The summed E-state index contributed by atoms with van der Waals surface area (Å²) in [6.07, 6.45) is 2.98. The molecule has 0 radical (unpaired) electrons. The number of ketones is 1. The van der Waals surface area contributed by atoms with E-state index in [4.69, 9.17) is 0 Å². The van der Waals surface area contributed by atoms with E-state index in [0.29, 0.717) is 5.92 Å². The second-order valence-corrected chi connectivity index (χ2v) is 5.25. The van der Waals surface area contributed by atoms with Crippen LogP contribution in [0.1, 0.15) is 30.5 Å². The first-order chi connectivity index (χ1) is 9.15. The van der Waals surface area contributed by atoms with Crippen LogP contribution < -0.4 is 0 Å². The Hall–Kier alpha value is -1.90. The molecule has 2 nitrogen and oxygen atoms in total. The number of benzene rings is 1. The maximum atomic E-state index is 12.9. The van der Waals surface area contributed by atoms with E-state index in [2.05, 4.69) is 10.6 Å². The molecule has 2 aromatic rings. The molecule has 0 amide bonds. The highest BCUT2D eigenvalue weighted by Gasteiger charge is 2.43. The van der Waals surface area contributed by atoms with Gasteiger partial charge >= 0.3 is 0 Å². The van der Waals surface area contributed by atoms with Crippen LogP contribution in [0.4, 0.5) is 4.39 Å². The van der Waals surface area contributed by atoms with Crippen LogP contribution in [0.15, 0.2) is 42.6 Å². The number of hydrogen-bond donors (Lipinski definition) is 0. The van der Waals surface area contributed by atoms with E-state index in [-0.39, 0.29) is 17.5 Å². The Labute approximate surface area is 111 Å². The highest BCUT2D eigenvalue weighted by atomic mass is 19.1. The summed E-state index contributed by atoms with van der Waals surface area (Å²) in [6.45, 7) is 2.39. The Balaban J connectivity index is 1.78. The lowest BCUT2D eigenvalue weighted by atomic mass is 10.2. The van der Waals surface area contributed by atoms with E-state index in [9.17, 15) is 9.18 Å². The quantitative estimate of drug-likeness (QED) is 0.823. The molecule has 0 N–H and O–H groups in total. The van der Waals surface area contributed by atoms with Gasteiger partial charge in [0.15, 0.2) is 0 Å². The zero-order valence-electron chi connectivity index (χ0n) is 10.8.